The van der Waals surface area contributed by atoms with Crippen LogP contribution in [0.25, 0.3) is 0 Å². The Morgan fingerprint density at radius 1 is 1.38 bits per heavy atom. The standard InChI is InChI=1S/C15H21N3O2.ClH/c1-10(13-6-3-7-17-9-13)18-15(20)12-5-2-4-11(8-12)14(16)19;/h2,4-5,8,10,13,17H,3,6-7,9H2,1H3,(H2,16,19)(H,18,20);1H. The number of primary amides is 1. The summed E-state index contributed by atoms with van der Waals surface area (Å²) in [6, 6.07) is 6.60. The van der Waals surface area contributed by atoms with Crippen molar-refractivity contribution < 1.29 is 9.59 Å². The predicted molar refractivity (Wildman–Crippen MR) is 84.7 cm³/mol. The van der Waals surface area contributed by atoms with Crippen LogP contribution in [-0.2, 0) is 0 Å². The highest BCUT2D eigenvalue weighted by atomic mass is 35.5. The second-order valence-corrected chi connectivity index (χ2v) is 5.31. The topological polar surface area (TPSA) is 84.2 Å². The van der Waals surface area contributed by atoms with Gasteiger partial charge in [0.05, 0.1) is 0 Å². The molecular formula is C15H22ClN3O2. The van der Waals surface area contributed by atoms with E-state index in [0.717, 1.165) is 25.9 Å². The maximum Gasteiger partial charge on any atom is 0.251 e. The SMILES string of the molecule is CC(NC(=O)c1cccc(C(N)=O)c1)C1CCCNC1.Cl. The zero-order chi connectivity index (χ0) is 14.5. The molecule has 0 saturated carbocycles. The Hall–Kier alpha value is -1.59. The molecule has 21 heavy (non-hydrogen) atoms. The van der Waals surface area contributed by atoms with Crippen molar-refractivity contribution in [2.24, 2.45) is 11.7 Å². The fourth-order valence-corrected chi connectivity index (χ4v) is 2.53. The van der Waals surface area contributed by atoms with Crippen LogP contribution in [0.4, 0.5) is 0 Å². The summed E-state index contributed by atoms with van der Waals surface area (Å²) >= 11 is 0. The quantitative estimate of drug-likeness (QED) is 0.784. The molecule has 1 aromatic carbocycles. The van der Waals surface area contributed by atoms with Crippen molar-refractivity contribution in [1.82, 2.24) is 10.6 Å². The lowest BCUT2D eigenvalue weighted by atomic mass is 9.92. The van der Waals surface area contributed by atoms with Crippen LogP contribution in [0.1, 0.15) is 40.5 Å². The molecule has 116 valence electrons. The molecule has 0 bridgehead atoms. The van der Waals surface area contributed by atoms with Gasteiger partial charge in [-0.05, 0) is 57.0 Å². The molecule has 1 saturated heterocycles. The third-order valence-electron chi connectivity index (χ3n) is 3.81. The van der Waals surface area contributed by atoms with Crippen molar-refractivity contribution >= 4 is 24.2 Å². The fourth-order valence-electron chi connectivity index (χ4n) is 2.53. The van der Waals surface area contributed by atoms with Crippen molar-refractivity contribution in [3.63, 3.8) is 0 Å². The summed E-state index contributed by atoms with van der Waals surface area (Å²) < 4.78 is 0. The first-order valence-electron chi connectivity index (χ1n) is 6.99. The van der Waals surface area contributed by atoms with E-state index in [0.29, 0.717) is 17.0 Å². The highest BCUT2D eigenvalue weighted by Gasteiger charge is 2.21. The molecule has 6 heteroatoms. The van der Waals surface area contributed by atoms with E-state index < -0.39 is 5.91 Å². The lowest BCUT2D eigenvalue weighted by Crippen LogP contribution is -2.44. The fraction of sp³-hybridized carbons (Fsp3) is 0.467. The van der Waals surface area contributed by atoms with Crippen molar-refractivity contribution in [1.29, 1.82) is 0 Å². The van der Waals surface area contributed by atoms with E-state index in [1.165, 1.54) is 6.07 Å². The lowest BCUT2D eigenvalue weighted by molar-refractivity contribution is 0.0922. The molecule has 4 N–H and O–H groups in total. The molecule has 1 aliphatic rings. The maximum atomic E-state index is 12.2. The van der Waals surface area contributed by atoms with Crippen LogP contribution in [0.2, 0.25) is 0 Å². The van der Waals surface area contributed by atoms with Gasteiger partial charge in [-0.25, -0.2) is 0 Å². The Labute approximate surface area is 131 Å². The van der Waals surface area contributed by atoms with E-state index in [9.17, 15) is 9.59 Å². The van der Waals surface area contributed by atoms with E-state index in [1.54, 1.807) is 18.2 Å². The molecule has 2 amide bonds. The van der Waals surface area contributed by atoms with Gasteiger partial charge in [-0.1, -0.05) is 6.07 Å². The molecule has 2 rings (SSSR count). The lowest BCUT2D eigenvalue weighted by Gasteiger charge is -2.29. The number of benzene rings is 1. The molecule has 1 heterocycles. The third kappa shape index (κ3) is 4.72. The zero-order valence-corrected chi connectivity index (χ0v) is 12.9. The third-order valence-corrected chi connectivity index (χ3v) is 3.81. The van der Waals surface area contributed by atoms with Crippen molar-refractivity contribution in [2.75, 3.05) is 13.1 Å². The Morgan fingerprint density at radius 3 is 2.71 bits per heavy atom. The van der Waals surface area contributed by atoms with Gasteiger partial charge >= 0.3 is 0 Å². The monoisotopic (exact) mass is 311 g/mol. The number of hydrogen-bond donors (Lipinski definition) is 3. The molecule has 0 aliphatic carbocycles. The van der Waals surface area contributed by atoms with Crippen LogP contribution in [0.15, 0.2) is 24.3 Å². The number of piperidine rings is 1. The molecule has 1 aliphatic heterocycles. The summed E-state index contributed by atoms with van der Waals surface area (Å²) in [5.74, 6) is -0.234. The van der Waals surface area contributed by atoms with Crippen molar-refractivity contribution in [2.45, 2.75) is 25.8 Å². The van der Waals surface area contributed by atoms with Gasteiger partial charge < -0.3 is 16.4 Å². The van der Waals surface area contributed by atoms with E-state index in [1.807, 2.05) is 6.92 Å². The molecule has 0 radical (unpaired) electrons. The van der Waals surface area contributed by atoms with Crippen LogP contribution >= 0.6 is 12.4 Å². The molecule has 1 fully saturated rings. The normalized spacial score (nSPS) is 19.2. The number of halogens is 1. The molecule has 5 nitrogen and oxygen atoms in total. The van der Waals surface area contributed by atoms with Crippen LogP contribution < -0.4 is 16.4 Å². The highest BCUT2D eigenvalue weighted by Crippen LogP contribution is 2.15. The minimum atomic E-state index is -0.524. The summed E-state index contributed by atoms with van der Waals surface area (Å²) in [5, 5.41) is 6.34. The van der Waals surface area contributed by atoms with Crippen molar-refractivity contribution in [3.05, 3.63) is 35.4 Å². The average molecular weight is 312 g/mol. The molecular weight excluding hydrogens is 290 g/mol. The molecule has 0 aromatic heterocycles. The van der Waals surface area contributed by atoms with E-state index >= 15 is 0 Å². The minimum Gasteiger partial charge on any atom is -0.366 e. The van der Waals surface area contributed by atoms with Gasteiger partial charge in [0.15, 0.2) is 0 Å². The van der Waals surface area contributed by atoms with Gasteiger partial charge in [0.25, 0.3) is 5.91 Å². The summed E-state index contributed by atoms with van der Waals surface area (Å²) in [6.45, 7) is 4.01. The Bertz CT molecular complexity index is 501. The smallest absolute Gasteiger partial charge is 0.251 e. The molecule has 1 aromatic rings. The number of hydrogen-bond acceptors (Lipinski definition) is 3. The first-order valence-corrected chi connectivity index (χ1v) is 6.99. The van der Waals surface area contributed by atoms with Gasteiger partial charge in [-0.2, -0.15) is 0 Å². The number of nitrogens with one attached hydrogen (secondary N) is 2. The van der Waals surface area contributed by atoms with Crippen LogP contribution in [0.5, 0.6) is 0 Å². The second kappa shape index (κ2) is 8.00. The van der Waals surface area contributed by atoms with Gasteiger partial charge in [-0.15, -0.1) is 12.4 Å². The average Bonchev–Trinajstić information content (AvgIpc) is 2.48. The van der Waals surface area contributed by atoms with E-state index in [2.05, 4.69) is 10.6 Å². The minimum absolute atomic E-state index is 0. The van der Waals surface area contributed by atoms with Gasteiger partial charge in [-0.3, -0.25) is 9.59 Å². The molecule has 2 atom stereocenters. The number of carbonyl (C=O) groups is 2. The molecule has 0 spiro atoms. The highest BCUT2D eigenvalue weighted by molar-refractivity contribution is 5.99. The van der Waals surface area contributed by atoms with Gasteiger partial charge in [0, 0.05) is 17.2 Å². The van der Waals surface area contributed by atoms with Gasteiger partial charge in [0.1, 0.15) is 0 Å². The summed E-state index contributed by atoms with van der Waals surface area (Å²) in [5.41, 5.74) is 6.04. The zero-order valence-electron chi connectivity index (χ0n) is 12.1. The van der Waals surface area contributed by atoms with Crippen LogP contribution in [0.3, 0.4) is 0 Å². The summed E-state index contributed by atoms with van der Waals surface area (Å²) in [7, 11) is 0. The Morgan fingerprint density at radius 2 is 2.10 bits per heavy atom. The summed E-state index contributed by atoms with van der Waals surface area (Å²) in [4.78, 5) is 23.3. The van der Waals surface area contributed by atoms with Gasteiger partial charge in [0.2, 0.25) is 5.91 Å². The largest absolute Gasteiger partial charge is 0.366 e. The number of nitrogens with two attached hydrogens (primary N) is 1. The Kier molecular flexibility index (Phi) is 6.65. The summed E-state index contributed by atoms with van der Waals surface area (Å²) in [6.07, 6.45) is 2.26. The van der Waals surface area contributed by atoms with Crippen molar-refractivity contribution in [3.8, 4) is 0 Å². The first-order chi connectivity index (χ1) is 9.58. The second-order valence-electron chi connectivity index (χ2n) is 5.31. The maximum absolute atomic E-state index is 12.2. The van der Waals surface area contributed by atoms with E-state index in [4.69, 9.17) is 5.73 Å². The Balaban J connectivity index is 0.00000220. The first kappa shape index (κ1) is 17.5. The van der Waals surface area contributed by atoms with Crippen LogP contribution in [-0.4, -0.2) is 30.9 Å². The van der Waals surface area contributed by atoms with Crippen LogP contribution in [0, 0.1) is 5.92 Å². The number of amides is 2. The molecule has 2 unspecified atom stereocenters. The number of carbonyl (C=O) groups excluding carboxylic acids is 2. The number of rotatable bonds is 4. The van der Waals surface area contributed by atoms with E-state index in [-0.39, 0.29) is 24.4 Å². The predicted octanol–water partition coefficient (Wildman–Crippen LogP) is 1.33.